The van der Waals surface area contributed by atoms with Crippen LogP contribution >= 0.6 is 0 Å². The highest BCUT2D eigenvalue weighted by Crippen LogP contribution is 2.20. The van der Waals surface area contributed by atoms with Gasteiger partial charge in [0.15, 0.2) is 0 Å². The number of amides is 1. The zero-order valence-electron chi connectivity index (χ0n) is 13.7. The zero-order valence-corrected chi connectivity index (χ0v) is 13.7. The van der Waals surface area contributed by atoms with Gasteiger partial charge in [0.2, 0.25) is 5.91 Å². The lowest BCUT2D eigenvalue weighted by Gasteiger charge is -2.29. The fourth-order valence-corrected chi connectivity index (χ4v) is 3.52. The van der Waals surface area contributed by atoms with Gasteiger partial charge in [-0.1, -0.05) is 18.2 Å². The van der Waals surface area contributed by atoms with E-state index in [0.29, 0.717) is 12.3 Å². The Hall–Kier alpha value is -1.59. The molecule has 2 fully saturated rings. The van der Waals surface area contributed by atoms with E-state index < -0.39 is 0 Å². The van der Waals surface area contributed by atoms with Crippen molar-refractivity contribution in [3.8, 4) is 0 Å². The maximum atomic E-state index is 12.4. The second-order valence-corrected chi connectivity index (χ2v) is 6.61. The highest BCUT2D eigenvalue weighted by molar-refractivity contribution is 5.77. The van der Waals surface area contributed by atoms with Crippen molar-refractivity contribution in [2.24, 2.45) is 5.92 Å². The lowest BCUT2D eigenvalue weighted by molar-refractivity contribution is -0.130. The second kappa shape index (κ2) is 7.79. The highest BCUT2D eigenvalue weighted by Gasteiger charge is 2.27. The fraction of sp³-hybridized carbons (Fsp3) is 0.611. The Morgan fingerprint density at radius 2 is 2.00 bits per heavy atom. The monoisotopic (exact) mass is 317 g/mol. The number of nitrogen functional groups attached to an aromatic ring is 1. The number of likely N-dealkylation sites (tertiary alicyclic amines) is 1. The van der Waals surface area contributed by atoms with Gasteiger partial charge in [0.05, 0.1) is 13.2 Å². The van der Waals surface area contributed by atoms with E-state index in [-0.39, 0.29) is 5.91 Å². The summed E-state index contributed by atoms with van der Waals surface area (Å²) in [5.41, 5.74) is 7.80. The third-order valence-corrected chi connectivity index (χ3v) is 4.92. The Labute approximate surface area is 138 Å². The van der Waals surface area contributed by atoms with Gasteiger partial charge in [0, 0.05) is 44.8 Å². The molecule has 2 N–H and O–H groups in total. The van der Waals surface area contributed by atoms with Crippen LogP contribution in [0.2, 0.25) is 0 Å². The molecule has 0 aromatic heterocycles. The summed E-state index contributed by atoms with van der Waals surface area (Å²) in [6.07, 6.45) is 2.41. The third-order valence-electron chi connectivity index (χ3n) is 4.92. The molecule has 0 saturated carbocycles. The molecular weight excluding hydrogens is 290 g/mol. The number of hydrogen-bond acceptors (Lipinski definition) is 4. The van der Waals surface area contributed by atoms with Crippen LogP contribution in [0, 0.1) is 5.92 Å². The minimum Gasteiger partial charge on any atom is -0.399 e. The van der Waals surface area contributed by atoms with E-state index in [4.69, 9.17) is 10.5 Å². The number of carbonyl (C=O) groups is 1. The van der Waals surface area contributed by atoms with Crippen LogP contribution in [0.15, 0.2) is 24.3 Å². The maximum Gasteiger partial charge on any atom is 0.222 e. The van der Waals surface area contributed by atoms with E-state index in [1.165, 1.54) is 0 Å². The van der Waals surface area contributed by atoms with Crippen LogP contribution in [-0.4, -0.2) is 61.6 Å². The molecule has 0 spiro atoms. The standard InChI is InChI=1S/C18H27N3O2/c19-17-4-2-1-3-16(17)5-6-18(22)21-8-7-15(14-21)13-20-9-11-23-12-10-20/h1-4,15H,5-14,19H2. The average Bonchev–Trinajstić information content (AvgIpc) is 3.03. The van der Waals surface area contributed by atoms with Crippen molar-refractivity contribution >= 4 is 11.6 Å². The Morgan fingerprint density at radius 1 is 1.22 bits per heavy atom. The van der Waals surface area contributed by atoms with E-state index in [0.717, 1.165) is 70.0 Å². The van der Waals surface area contributed by atoms with Crippen molar-refractivity contribution < 1.29 is 9.53 Å². The molecule has 2 heterocycles. The minimum atomic E-state index is 0.262. The van der Waals surface area contributed by atoms with Gasteiger partial charge in [-0.15, -0.1) is 0 Å². The van der Waals surface area contributed by atoms with Crippen LogP contribution in [0.25, 0.3) is 0 Å². The number of ether oxygens (including phenoxy) is 1. The van der Waals surface area contributed by atoms with E-state index >= 15 is 0 Å². The summed E-state index contributed by atoms with van der Waals surface area (Å²) in [6.45, 7) is 6.63. The first-order valence-electron chi connectivity index (χ1n) is 8.63. The number of aryl methyl sites for hydroxylation is 1. The molecule has 5 nitrogen and oxygen atoms in total. The number of rotatable bonds is 5. The smallest absolute Gasteiger partial charge is 0.222 e. The van der Waals surface area contributed by atoms with Crippen molar-refractivity contribution in [3.63, 3.8) is 0 Å². The number of anilines is 1. The molecule has 1 atom stereocenters. The predicted molar refractivity (Wildman–Crippen MR) is 91.1 cm³/mol. The van der Waals surface area contributed by atoms with Crippen molar-refractivity contribution in [1.29, 1.82) is 0 Å². The summed E-state index contributed by atoms with van der Waals surface area (Å²) < 4.78 is 5.39. The Balaban J connectivity index is 1.43. The van der Waals surface area contributed by atoms with Gasteiger partial charge >= 0.3 is 0 Å². The molecule has 2 aliphatic rings. The lowest BCUT2D eigenvalue weighted by atomic mass is 10.1. The van der Waals surface area contributed by atoms with Gasteiger partial charge < -0.3 is 15.4 Å². The van der Waals surface area contributed by atoms with Crippen LogP contribution in [0.3, 0.4) is 0 Å². The van der Waals surface area contributed by atoms with Crippen molar-refractivity contribution in [3.05, 3.63) is 29.8 Å². The van der Waals surface area contributed by atoms with Crippen molar-refractivity contribution in [1.82, 2.24) is 9.80 Å². The largest absolute Gasteiger partial charge is 0.399 e. The molecule has 23 heavy (non-hydrogen) atoms. The molecule has 2 aliphatic heterocycles. The van der Waals surface area contributed by atoms with Gasteiger partial charge in [-0.2, -0.15) is 0 Å². The molecule has 1 aromatic rings. The van der Waals surface area contributed by atoms with Crippen LogP contribution in [-0.2, 0) is 16.0 Å². The molecule has 0 aliphatic carbocycles. The van der Waals surface area contributed by atoms with E-state index in [9.17, 15) is 4.79 Å². The summed E-state index contributed by atoms with van der Waals surface area (Å²) >= 11 is 0. The molecule has 2 saturated heterocycles. The lowest BCUT2D eigenvalue weighted by Crippen LogP contribution is -2.40. The Morgan fingerprint density at radius 3 is 2.78 bits per heavy atom. The van der Waals surface area contributed by atoms with Gasteiger partial charge in [-0.3, -0.25) is 9.69 Å². The van der Waals surface area contributed by atoms with Crippen LogP contribution < -0.4 is 5.73 Å². The average molecular weight is 317 g/mol. The molecule has 5 heteroatoms. The molecule has 3 rings (SSSR count). The van der Waals surface area contributed by atoms with E-state index in [2.05, 4.69) is 4.90 Å². The SMILES string of the molecule is Nc1ccccc1CCC(=O)N1CCC(CN2CCOCC2)C1. The number of para-hydroxylation sites is 1. The molecular formula is C18H27N3O2. The topological polar surface area (TPSA) is 58.8 Å². The normalized spacial score (nSPS) is 22.4. The minimum absolute atomic E-state index is 0.262. The molecule has 1 amide bonds. The Bertz CT molecular complexity index is 529. The van der Waals surface area contributed by atoms with Crippen LogP contribution in [0.1, 0.15) is 18.4 Å². The highest BCUT2D eigenvalue weighted by atomic mass is 16.5. The molecule has 0 radical (unpaired) electrons. The van der Waals surface area contributed by atoms with Gasteiger partial charge in [-0.25, -0.2) is 0 Å². The van der Waals surface area contributed by atoms with Gasteiger partial charge in [-0.05, 0) is 30.4 Å². The third kappa shape index (κ3) is 4.45. The van der Waals surface area contributed by atoms with Crippen molar-refractivity contribution in [2.75, 3.05) is 51.7 Å². The van der Waals surface area contributed by atoms with Gasteiger partial charge in [0.25, 0.3) is 0 Å². The number of morpholine rings is 1. The van der Waals surface area contributed by atoms with E-state index in [1.54, 1.807) is 0 Å². The summed E-state index contributed by atoms with van der Waals surface area (Å²) in [5, 5.41) is 0. The first kappa shape index (κ1) is 16.3. The first-order valence-corrected chi connectivity index (χ1v) is 8.63. The molecule has 1 aromatic carbocycles. The molecule has 1 unspecified atom stereocenters. The fourth-order valence-electron chi connectivity index (χ4n) is 3.52. The second-order valence-electron chi connectivity index (χ2n) is 6.61. The predicted octanol–water partition coefficient (Wildman–Crippen LogP) is 1.38. The number of carbonyl (C=O) groups excluding carboxylic acids is 1. The summed E-state index contributed by atoms with van der Waals surface area (Å²) in [7, 11) is 0. The number of nitrogens with two attached hydrogens (primary N) is 1. The van der Waals surface area contributed by atoms with Crippen molar-refractivity contribution in [2.45, 2.75) is 19.3 Å². The van der Waals surface area contributed by atoms with Crippen LogP contribution in [0.5, 0.6) is 0 Å². The molecule has 126 valence electrons. The summed E-state index contributed by atoms with van der Waals surface area (Å²) in [5.74, 6) is 0.872. The van der Waals surface area contributed by atoms with Gasteiger partial charge in [0.1, 0.15) is 0 Å². The van der Waals surface area contributed by atoms with E-state index in [1.807, 2.05) is 29.2 Å². The van der Waals surface area contributed by atoms with Crippen LogP contribution in [0.4, 0.5) is 5.69 Å². The zero-order chi connectivity index (χ0) is 16.1. The number of nitrogens with zero attached hydrogens (tertiary/aromatic N) is 2. The Kier molecular flexibility index (Phi) is 5.51. The summed E-state index contributed by atoms with van der Waals surface area (Å²) in [4.78, 5) is 16.9. The first-order chi connectivity index (χ1) is 11.2. The number of benzene rings is 1. The maximum absolute atomic E-state index is 12.4. The number of hydrogen-bond donors (Lipinski definition) is 1. The summed E-state index contributed by atoms with van der Waals surface area (Å²) in [6, 6.07) is 7.81. The molecule has 0 bridgehead atoms. The quantitative estimate of drug-likeness (QED) is 0.834.